The van der Waals surface area contributed by atoms with Crippen molar-refractivity contribution >= 4 is 11.8 Å². The third kappa shape index (κ3) is 4.75. The van der Waals surface area contributed by atoms with Crippen LogP contribution in [0.5, 0.6) is 0 Å². The molecule has 1 unspecified atom stereocenters. The summed E-state index contributed by atoms with van der Waals surface area (Å²) in [5.74, 6) is 0. The first-order chi connectivity index (χ1) is 3.98. The second kappa shape index (κ2) is 3.44. The molecule has 0 aliphatic heterocycles. The number of hydrogen-bond donors (Lipinski definition) is 2. The van der Waals surface area contributed by atoms with Crippen molar-refractivity contribution in [3.8, 4) is 0 Å². The van der Waals surface area contributed by atoms with Crippen molar-refractivity contribution in [2.45, 2.75) is 31.2 Å². The fourth-order valence-electron chi connectivity index (χ4n) is 0.587. The second-order valence-electron chi connectivity index (χ2n) is 2.74. The van der Waals surface area contributed by atoms with Gasteiger partial charge < -0.3 is 10.8 Å². The molecule has 2 nitrogen and oxygen atoms in total. The van der Waals surface area contributed by atoms with E-state index in [0.717, 1.165) is 0 Å². The van der Waals surface area contributed by atoms with E-state index < -0.39 is 6.23 Å². The number of rotatable bonds is 3. The summed E-state index contributed by atoms with van der Waals surface area (Å²) in [7, 11) is 0. The molecule has 0 fully saturated rings. The average molecular weight is 149 g/mol. The molecule has 0 saturated heterocycles. The Hall–Kier alpha value is 0.270. The largest absolute Gasteiger partial charge is 0.379 e. The van der Waals surface area contributed by atoms with Gasteiger partial charge >= 0.3 is 0 Å². The van der Waals surface area contributed by atoms with Crippen LogP contribution >= 0.6 is 11.8 Å². The Bertz CT molecular complexity index is 83.1. The minimum atomic E-state index is -0.674. The molecule has 0 aromatic heterocycles. The Labute approximate surface area is 60.8 Å². The molecule has 0 spiro atoms. The summed E-state index contributed by atoms with van der Waals surface area (Å²) >= 11 is 1.72. The zero-order valence-electron chi connectivity index (χ0n) is 6.22. The van der Waals surface area contributed by atoms with Gasteiger partial charge in [-0.1, -0.05) is 13.8 Å². The monoisotopic (exact) mass is 149 g/mol. The summed E-state index contributed by atoms with van der Waals surface area (Å²) in [6.07, 6.45) is 1.99. The first-order valence-electron chi connectivity index (χ1n) is 2.97. The average Bonchev–Trinajstić information content (AvgIpc) is 1.63. The molecule has 9 heavy (non-hydrogen) atoms. The Balaban J connectivity index is 3.58. The molecule has 3 N–H and O–H groups in total. The number of aliphatic hydroxyl groups is 1. The van der Waals surface area contributed by atoms with Gasteiger partial charge in [-0.3, -0.25) is 0 Å². The zero-order valence-corrected chi connectivity index (χ0v) is 7.03. The fourth-order valence-corrected chi connectivity index (χ4v) is 0.924. The van der Waals surface area contributed by atoms with Crippen LogP contribution in [0.2, 0.25) is 0 Å². The number of nitrogens with two attached hydrogens (primary N) is 1. The molecule has 0 aromatic rings. The van der Waals surface area contributed by atoms with Gasteiger partial charge in [0, 0.05) is 11.2 Å². The second-order valence-corrected chi connectivity index (χ2v) is 4.25. The van der Waals surface area contributed by atoms with Crippen molar-refractivity contribution in [1.82, 2.24) is 0 Å². The fraction of sp³-hybridized carbons (Fsp3) is 1.00. The van der Waals surface area contributed by atoms with Crippen molar-refractivity contribution < 1.29 is 5.11 Å². The predicted octanol–water partition coefficient (Wildman–Crippen LogP) is 0.795. The van der Waals surface area contributed by atoms with E-state index in [1.54, 1.807) is 11.8 Å². The Morgan fingerprint density at radius 1 is 1.67 bits per heavy atom. The Morgan fingerprint density at radius 2 is 2.11 bits per heavy atom. The topological polar surface area (TPSA) is 46.2 Å². The highest BCUT2D eigenvalue weighted by Gasteiger charge is 2.17. The first kappa shape index (κ1) is 9.27. The summed E-state index contributed by atoms with van der Waals surface area (Å²) < 4.78 is 0.105. The number of thioether (sulfide) groups is 1. The molecular weight excluding hydrogens is 134 g/mol. The van der Waals surface area contributed by atoms with Gasteiger partial charge in [-0.15, -0.1) is 0 Å². The number of aliphatic hydroxyl groups excluding tert-OH is 1. The van der Waals surface area contributed by atoms with E-state index in [0.29, 0.717) is 6.42 Å². The maximum atomic E-state index is 8.78. The summed E-state index contributed by atoms with van der Waals surface area (Å²) in [4.78, 5) is 0. The Morgan fingerprint density at radius 3 is 2.22 bits per heavy atom. The van der Waals surface area contributed by atoms with E-state index in [9.17, 15) is 0 Å². The van der Waals surface area contributed by atoms with Gasteiger partial charge in [0.2, 0.25) is 0 Å². The Kier molecular flexibility index (Phi) is 3.54. The number of hydrogen-bond acceptors (Lipinski definition) is 3. The smallest absolute Gasteiger partial charge is 0.103 e. The standard InChI is InChI=1S/C6H15NOS/c1-6(2,9-3)4-5(7)8/h5,8H,4,7H2,1-3H3. The molecule has 0 aliphatic carbocycles. The van der Waals surface area contributed by atoms with Crippen molar-refractivity contribution in [1.29, 1.82) is 0 Å². The van der Waals surface area contributed by atoms with Crippen LogP contribution in [0.1, 0.15) is 20.3 Å². The highest BCUT2D eigenvalue weighted by atomic mass is 32.2. The molecule has 3 heteroatoms. The minimum absolute atomic E-state index is 0.105. The molecule has 0 aliphatic rings. The zero-order chi connectivity index (χ0) is 7.49. The van der Waals surface area contributed by atoms with Crippen LogP contribution in [0.15, 0.2) is 0 Å². The van der Waals surface area contributed by atoms with E-state index >= 15 is 0 Å². The van der Waals surface area contributed by atoms with Gasteiger partial charge in [-0.25, -0.2) is 0 Å². The van der Waals surface area contributed by atoms with Crippen LogP contribution in [0, 0.1) is 0 Å². The molecule has 0 heterocycles. The predicted molar refractivity (Wildman–Crippen MR) is 42.4 cm³/mol. The molecule has 0 radical (unpaired) electrons. The van der Waals surface area contributed by atoms with Crippen molar-refractivity contribution in [3.05, 3.63) is 0 Å². The summed E-state index contributed by atoms with van der Waals surface area (Å²) in [5, 5.41) is 8.78. The minimum Gasteiger partial charge on any atom is -0.379 e. The maximum absolute atomic E-state index is 8.78. The van der Waals surface area contributed by atoms with Crippen LogP contribution < -0.4 is 5.73 Å². The molecular formula is C6H15NOS. The lowest BCUT2D eigenvalue weighted by Gasteiger charge is -2.22. The molecule has 0 amide bonds. The highest BCUT2D eigenvalue weighted by molar-refractivity contribution is 7.99. The highest BCUT2D eigenvalue weighted by Crippen LogP contribution is 2.25. The van der Waals surface area contributed by atoms with Crippen LogP contribution in [0.25, 0.3) is 0 Å². The van der Waals surface area contributed by atoms with Crippen LogP contribution in [-0.2, 0) is 0 Å². The third-order valence-electron chi connectivity index (χ3n) is 1.25. The maximum Gasteiger partial charge on any atom is 0.103 e. The molecule has 0 rings (SSSR count). The molecule has 1 atom stereocenters. The quantitative estimate of drug-likeness (QED) is 0.583. The SMILES string of the molecule is CSC(C)(C)CC(N)O. The van der Waals surface area contributed by atoms with Crippen molar-refractivity contribution in [3.63, 3.8) is 0 Å². The summed E-state index contributed by atoms with van der Waals surface area (Å²) in [5.41, 5.74) is 5.20. The first-order valence-corrected chi connectivity index (χ1v) is 4.19. The van der Waals surface area contributed by atoms with E-state index in [1.165, 1.54) is 0 Å². The van der Waals surface area contributed by atoms with E-state index in [1.807, 2.05) is 6.26 Å². The lowest BCUT2D eigenvalue weighted by Crippen LogP contribution is -2.29. The van der Waals surface area contributed by atoms with Crippen LogP contribution in [-0.4, -0.2) is 22.3 Å². The van der Waals surface area contributed by atoms with Crippen LogP contribution in [0.4, 0.5) is 0 Å². The van der Waals surface area contributed by atoms with E-state index in [4.69, 9.17) is 10.8 Å². The molecule has 0 aromatic carbocycles. The molecule has 56 valence electrons. The summed E-state index contributed by atoms with van der Waals surface area (Å²) in [6, 6.07) is 0. The molecule has 0 bridgehead atoms. The van der Waals surface area contributed by atoms with Gasteiger partial charge in [-0.2, -0.15) is 11.8 Å². The lowest BCUT2D eigenvalue weighted by molar-refractivity contribution is 0.162. The van der Waals surface area contributed by atoms with Gasteiger partial charge in [0.25, 0.3) is 0 Å². The third-order valence-corrected chi connectivity index (χ3v) is 2.53. The normalized spacial score (nSPS) is 15.7. The van der Waals surface area contributed by atoms with Crippen LogP contribution in [0.3, 0.4) is 0 Å². The van der Waals surface area contributed by atoms with Gasteiger partial charge in [0.05, 0.1) is 0 Å². The van der Waals surface area contributed by atoms with Gasteiger partial charge in [-0.05, 0) is 6.26 Å². The van der Waals surface area contributed by atoms with Crippen molar-refractivity contribution in [2.24, 2.45) is 5.73 Å². The van der Waals surface area contributed by atoms with E-state index in [2.05, 4.69) is 13.8 Å². The van der Waals surface area contributed by atoms with Crippen molar-refractivity contribution in [2.75, 3.05) is 6.26 Å². The lowest BCUT2D eigenvalue weighted by atomic mass is 10.1. The van der Waals surface area contributed by atoms with Gasteiger partial charge in [0.1, 0.15) is 6.23 Å². The summed E-state index contributed by atoms with van der Waals surface area (Å²) in [6.45, 7) is 4.13. The van der Waals surface area contributed by atoms with Gasteiger partial charge in [0.15, 0.2) is 0 Å². The molecule has 0 saturated carbocycles. The van der Waals surface area contributed by atoms with E-state index in [-0.39, 0.29) is 4.75 Å².